The minimum atomic E-state index is -0.981. The van der Waals surface area contributed by atoms with E-state index >= 15 is 0 Å². The first-order chi connectivity index (χ1) is 4.54. The molecule has 0 unspecified atom stereocenters. The van der Waals surface area contributed by atoms with Gasteiger partial charge in [0.2, 0.25) is 5.91 Å². The molecule has 0 aromatic carbocycles. The van der Waals surface area contributed by atoms with Crippen LogP contribution in [0.5, 0.6) is 0 Å². The summed E-state index contributed by atoms with van der Waals surface area (Å²) in [6.45, 7) is 6.05. The summed E-state index contributed by atoms with van der Waals surface area (Å²) in [4.78, 5) is 18.7. The van der Waals surface area contributed by atoms with Gasteiger partial charge in [0.25, 0.3) is 0 Å². The molecule has 58 valence electrons. The van der Waals surface area contributed by atoms with Crippen molar-refractivity contribution < 1.29 is 67.5 Å². The Morgan fingerprint density at radius 3 is 1.55 bits per heavy atom. The first-order valence-corrected chi connectivity index (χ1v) is 2.31. The Balaban J connectivity index is -0.0000000457. The molecule has 0 bridgehead atoms. The number of carboxylic acids is 1. The second kappa shape index (κ2) is 12.7. The molecular formula is C6H10KNO3. The third-order valence-electron chi connectivity index (χ3n) is 0.376. The van der Waals surface area contributed by atoms with Gasteiger partial charge in [-0.3, -0.25) is 4.79 Å². The Hall–Kier alpha value is 0.0564. The molecule has 0 fully saturated rings. The standard InChI is InChI=1S/C3H5NO.C3H4O2.K.H/c2*1-2-3(4)5;;/h2H,1H2,(H2,4,5);2H,1H2,(H,4,5);;/q;;+1;-1. The molecule has 11 heavy (non-hydrogen) atoms. The molecule has 4 nitrogen and oxygen atoms in total. The summed E-state index contributed by atoms with van der Waals surface area (Å²) in [5.41, 5.74) is 4.53. The predicted octanol–water partition coefficient (Wildman–Crippen LogP) is -2.97. The van der Waals surface area contributed by atoms with E-state index in [0.717, 1.165) is 12.2 Å². The van der Waals surface area contributed by atoms with Crippen LogP contribution in [-0.4, -0.2) is 17.0 Å². The van der Waals surface area contributed by atoms with E-state index in [-0.39, 0.29) is 52.8 Å². The van der Waals surface area contributed by atoms with E-state index < -0.39 is 11.9 Å². The van der Waals surface area contributed by atoms with Crippen molar-refractivity contribution in [2.75, 3.05) is 0 Å². The molecule has 0 radical (unpaired) electrons. The van der Waals surface area contributed by atoms with Crippen molar-refractivity contribution in [3.05, 3.63) is 25.3 Å². The Labute approximate surface area is 109 Å². The van der Waals surface area contributed by atoms with E-state index in [4.69, 9.17) is 5.11 Å². The summed E-state index contributed by atoms with van der Waals surface area (Å²) in [5, 5.41) is 7.60. The first kappa shape index (κ1) is 17.2. The number of carbonyl (C=O) groups is 2. The number of carboxylic acid groups (broad SMARTS) is 1. The van der Waals surface area contributed by atoms with Crippen molar-refractivity contribution in [1.82, 2.24) is 0 Å². The summed E-state index contributed by atoms with van der Waals surface area (Å²) in [6.07, 6.45) is 1.89. The summed E-state index contributed by atoms with van der Waals surface area (Å²) in [5.74, 6) is -1.46. The number of amides is 1. The van der Waals surface area contributed by atoms with Gasteiger partial charge in [-0.05, 0) is 6.08 Å². The van der Waals surface area contributed by atoms with Crippen LogP contribution < -0.4 is 57.1 Å². The maximum absolute atomic E-state index is 9.47. The average molecular weight is 183 g/mol. The van der Waals surface area contributed by atoms with Gasteiger partial charge in [-0.25, -0.2) is 4.79 Å². The van der Waals surface area contributed by atoms with E-state index in [9.17, 15) is 9.59 Å². The quantitative estimate of drug-likeness (QED) is 0.354. The predicted molar refractivity (Wildman–Crippen MR) is 38.3 cm³/mol. The zero-order valence-electron chi connectivity index (χ0n) is 7.41. The van der Waals surface area contributed by atoms with Gasteiger partial charge in [-0.1, -0.05) is 13.2 Å². The van der Waals surface area contributed by atoms with Gasteiger partial charge in [0.05, 0.1) is 0 Å². The molecule has 0 saturated carbocycles. The van der Waals surface area contributed by atoms with Gasteiger partial charge in [-0.15, -0.1) is 0 Å². The monoisotopic (exact) mass is 183 g/mol. The van der Waals surface area contributed by atoms with Crippen LogP contribution in [0.2, 0.25) is 0 Å². The molecule has 0 aliphatic carbocycles. The molecule has 0 saturated heterocycles. The average Bonchev–Trinajstić information content (AvgIpc) is 1.89. The number of primary amides is 1. The Kier molecular flexibility index (Phi) is 19.9. The molecule has 0 aromatic rings. The van der Waals surface area contributed by atoms with Gasteiger partial charge >= 0.3 is 57.4 Å². The van der Waals surface area contributed by atoms with Crippen molar-refractivity contribution in [2.24, 2.45) is 5.73 Å². The Morgan fingerprint density at radius 2 is 1.55 bits per heavy atom. The van der Waals surface area contributed by atoms with Crippen LogP contribution in [0.15, 0.2) is 25.3 Å². The number of nitrogens with two attached hydrogens (primary N) is 1. The van der Waals surface area contributed by atoms with Crippen molar-refractivity contribution >= 4 is 11.9 Å². The van der Waals surface area contributed by atoms with Crippen LogP contribution in [0, 0.1) is 0 Å². The third kappa shape index (κ3) is 39.7. The van der Waals surface area contributed by atoms with E-state index in [1.54, 1.807) is 0 Å². The molecule has 1 amide bonds. The fourth-order valence-corrected chi connectivity index (χ4v) is 0. The van der Waals surface area contributed by atoms with E-state index in [1.165, 1.54) is 0 Å². The molecule has 5 heteroatoms. The second-order valence-corrected chi connectivity index (χ2v) is 1.15. The molecule has 0 spiro atoms. The molecule has 0 aromatic heterocycles. The molecular weight excluding hydrogens is 173 g/mol. The Bertz CT molecular complexity index is 143. The molecule has 3 N–H and O–H groups in total. The summed E-state index contributed by atoms with van der Waals surface area (Å²) < 4.78 is 0. The van der Waals surface area contributed by atoms with Gasteiger partial charge in [0, 0.05) is 6.08 Å². The molecule has 0 aliphatic rings. The number of hydrogen-bond donors (Lipinski definition) is 2. The van der Waals surface area contributed by atoms with Crippen molar-refractivity contribution in [2.45, 2.75) is 0 Å². The number of aliphatic carboxylic acids is 1. The second-order valence-electron chi connectivity index (χ2n) is 1.15. The summed E-state index contributed by atoms with van der Waals surface area (Å²) >= 11 is 0. The van der Waals surface area contributed by atoms with Crippen LogP contribution in [-0.2, 0) is 9.59 Å². The zero-order valence-corrected chi connectivity index (χ0v) is 9.53. The summed E-state index contributed by atoms with van der Waals surface area (Å²) in [6, 6.07) is 0. The third-order valence-corrected chi connectivity index (χ3v) is 0.376. The maximum atomic E-state index is 9.47. The van der Waals surface area contributed by atoms with Crippen LogP contribution >= 0.6 is 0 Å². The topological polar surface area (TPSA) is 80.4 Å². The number of carbonyl (C=O) groups excluding carboxylic acids is 1. The van der Waals surface area contributed by atoms with Crippen LogP contribution in [0.25, 0.3) is 0 Å². The zero-order chi connectivity index (χ0) is 8.57. The van der Waals surface area contributed by atoms with Gasteiger partial charge < -0.3 is 12.3 Å². The SMILES string of the molecule is C=CC(=O)O.C=CC(N)=O.[H-].[K+]. The fourth-order valence-electron chi connectivity index (χ4n) is 0. The van der Waals surface area contributed by atoms with Crippen LogP contribution in [0.4, 0.5) is 0 Å². The fraction of sp³-hybridized carbons (Fsp3) is 0. The maximum Gasteiger partial charge on any atom is 1.00 e. The van der Waals surface area contributed by atoms with E-state index in [2.05, 4.69) is 18.9 Å². The summed E-state index contributed by atoms with van der Waals surface area (Å²) in [7, 11) is 0. The smallest absolute Gasteiger partial charge is 1.00 e. The van der Waals surface area contributed by atoms with Crippen LogP contribution in [0.3, 0.4) is 0 Å². The molecule has 0 atom stereocenters. The van der Waals surface area contributed by atoms with Gasteiger partial charge in [0.1, 0.15) is 0 Å². The van der Waals surface area contributed by atoms with E-state index in [1.807, 2.05) is 0 Å². The molecule has 0 heterocycles. The molecule has 0 rings (SSSR count). The van der Waals surface area contributed by atoms with Gasteiger partial charge in [-0.2, -0.15) is 0 Å². The first-order valence-electron chi connectivity index (χ1n) is 2.31. The minimum absolute atomic E-state index is 0. The Morgan fingerprint density at radius 1 is 1.36 bits per heavy atom. The van der Waals surface area contributed by atoms with Crippen LogP contribution in [0.1, 0.15) is 1.43 Å². The number of rotatable bonds is 2. The van der Waals surface area contributed by atoms with Crippen molar-refractivity contribution in [3.8, 4) is 0 Å². The largest absolute Gasteiger partial charge is 1.00 e. The van der Waals surface area contributed by atoms with Gasteiger partial charge in [0.15, 0.2) is 0 Å². The normalized spacial score (nSPS) is 5.82. The molecule has 0 aliphatic heterocycles. The van der Waals surface area contributed by atoms with Crippen molar-refractivity contribution in [3.63, 3.8) is 0 Å². The number of hydrogen-bond acceptors (Lipinski definition) is 2. The van der Waals surface area contributed by atoms with E-state index in [0.29, 0.717) is 0 Å². The van der Waals surface area contributed by atoms with Crippen molar-refractivity contribution in [1.29, 1.82) is 0 Å². The minimum Gasteiger partial charge on any atom is -1.00 e.